The number of piperidine rings is 1. The summed E-state index contributed by atoms with van der Waals surface area (Å²) in [6, 6.07) is 0.0872. The zero-order valence-electron chi connectivity index (χ0n) is 11.0. The number of amides is 1. The lowest BCUT2D eigenvalue weighted by Crippen LogP contribution is -2.52. The van der Waals surface area contributed by atoms with Gasteiger partial charge in [0.2, 0.25) is 15.9 Å². The van der Waals surface area contributed by atoms with Crippen LogP contribution in [0.2, 0.25) is 0 Å². The van der Waals surface area contributed by atoms with Crippen LogP contribution in [0.25, 0.3) is 0 Å². The van der Waals surface area contributed by atoms with Crippen LogP contribution in [-0.2, 0) is 14.8 Å². The Morgan fingerprint density at radius 1 is 1.50 bits per heavy atom. The molecule has 1 rings (SSSR count). The van der Waals surface area contributed by atoms with Gasteiger partial charge in [0.15, 0.2) is 0 Å². The largest absolute Gasteiger partial charge is 0.351 e. The number of hydrogen-bond donors (Lipinski definition) is 2. The molecule has 1 saturated heterocycles. The summed E-state index contributed by atoms with van der Waals surface area (Å²) >= 11 is 0. The lowest BCUT2D eigenvalue weighted by Gasteiger charge is -2.30. The lowest BCUT2D eigenvalue weighted by atomic mass is 9.95. The standard InChI is InChI=1S/C10H21N3O3S.ClH/c1-8-4-5-11-6-9(8)12-10(14)7-13(2)17(3,15)16;/h8-9,11H,4-7H2,1-3H3,(H,12,14);1H. The molecule has 2 atom stereocenters. The molecular weight excluding hydrogens is 278 g/mol. The Balaban J connectivity index is 0.00000289. The first kappa shape index (κ1) is 17.6. The average Bonchev–Trinajstić information content (AvgIpc) is 2.20. The molecule has 0 aromatic carbocycles. The molecule has 0 spiro atoms. The van der Waals surface area contributed by atoms with Crippen LogP contribution in [-0.4, -0.2) is 57.6 Å². The average molecular weight is 300 g/mol. The van der Waals surface area contributed by atoms with E-state index < -0.39 is 10.0 Å². The number of rotatable bonds is 4. The molecule has 1 aliphatic rings. The first-order valence-corrected chi connectivity index (χ1v) is 7.57. The van der Waals surface area contributed by atoms with E-state index in [1.807, 2.05) is 0 Å². The molecule has 0 aliphatic carbocycles. The first-order valence-electron chi connectivity index (χ1n) is 5.72. The highest BCUT2D eigenvalue weighted by molar-refractivity contribution is 7.88. The van der Waals surface area contributed by atoms with Crippen molar-refractivity contribution in [3.63, 3.8) is 0 Å². The number of hydrogen-bond acceptors (Lipinski definition) is 4. The zero-order valence-corrected chi connectivity index (χ0v) is 12.6. The second kappa shape index (κ2) is 7.28. The van der Waals surface area contributed by atoms with E-state index >= 15 is 0 Å². The van der Waals surface area contributed by atoms with Gasteiger partial charge in [-0.1, -0.05) is 6.92 Å². The van der Waals surface area contributed by atoms with Gasteiger partial charge >= 0.3 is 0 Å². The Labute approximate surface area is 115 Å². The molecule has 0 aromatic heterocycles. The maximum absolute atomic E-state index is 11.7. The number of halogens is 1. The summed E-state index contributed by atoms with van der Waals surface area (Å²) in [5.74, 6) is 0.169. The summed E-state index contributed by atoms with van der Waals surface area (Å²) in [4.78, 5) is 11.7. The minimum absolute atomic E-state index is 0. The van der Waals surface area contributed by atoms with E-state index in [4.69, 9.17) is 0 Å². The van der Waals surface area contributed by atoms with Gasteiger partial charge in [-0.2, -0.15) is 4.31 Å². The summed E-state index contributed by atoms with van der Waals surface area (Å²) in [6.45, 7) is 3.68. The molecule has 0 bridgehead atoms. The van der Waals surface area contributed by atoms with Gasteiger partial charge in [-0.3, -0.25) is 4.79 Å². The highest BCUT2D eigenvalue weighted by Crippen LogP contribution is 2.10. The van der Waals surface area contributed by atoms with Gasteiger partial charge in [0.25, 0.3) is 0 Å². The molecule has 2 N–H and O–H groups in total. The van der Waals surface area contributed by atoms with Gasteiger partial charge in [0.05, 0.1) is 12.8 Å². The van der Waals surface area contributed by atoms with Gasteiger partial charge in [-0.25, -0.2) is 8.42 Å². The van der Waals surface area contributed by atoms with Gasteiger partial charge in [0, 0.05) is 19.6 Å². The summed E-state index contributed by atoms with van der Waals surface area (Å²) in [5, 5.41) is 6.07. The second-order valence-electron chi connectivity index (χ2n) is 4.66. The molecule has 1 heterocycles. The molecule has 6 nitrogen and oxygen atoms in total. The second-order valence-corrected chi connectivity index (χ2v) is 6.75. The van der Waals surface area contributed by atoms with Gasteiger partial charge in [-0.05, 0) is 18.9 Å². The minimum atomic E-state index is -3.30. The number of carbonyl (C=O) groups is 1. The first-order chi connectivity index (χ1) is 7.80. The fraction of sp³-hybridized carbons (Fsp3) is 0.900. The molecule has 1 amide bonds. The summed E-state index contributed by atoms with van der Waals surface area (Å²) in [7, 11) is -1.90. The third-order valence-electron chi connectivity index (χ3n) is 3.11. The van der Waals surface area contributed by atoms with Crippen molar-refractivity contribution in [1.29, 1.82) is 0 Å². The molecule has 1 aliphatic heterocycles. The summed E-state index contributed by atoms with van der Waals surface area (Å²) in [6.07, 6.45) is 2.11. The molecule has 18 heavy (non-hydrogen) atoms. The number of nitrogens with one attached hydrogen (secondary N) is 2. The highest BCUT2D eigenvalue weighted by atomic mass is 35.5. The SMILES string of the molecule is CC1CCNCC1NC(=O)CN(C)S(C)(=O)=O.Cl. The summed E-state index contributed by atoms with van der Waals surface area (Å²) in [5.41, 5.74) is 0. The Morgan fingerprint density at radius 2 is 2.11 bits per heavy atom. The Bertz CT molecular complexity index is 375. The van der Waals surface area contributed by atoms with Crippen molar-refractivity contribution in [2.75, 3.05) is 32.9 Å². The Kier molecular flexibility index (Phi) is 7.13. The fourth-order valence-electron chi connectivity index (χ4n) is 1.75. The van der Waals surface area contributed by atoms with E-state index in [2.05, 4.69) is 17.6 Å². The predicted octanol–water partition coefficient (Wildman–Crippen LogP) is -0.586. The van der Waals surface area contributed by atoms with Crippen molar-refractivity contribution < 1.29 is 13.2 Å². The molecule has 0 radical (unpaired) electrons. The van der Waals surface area contributed by atoms with Crippen LogP contribution in [0.3, 0.4) is 0 Å². The number of likely N-dealkylation sites (N-methyl/N-ethyl adjacent to an activating group) is 1. The highest BCUT2D eigenvalue weighted by Gasteiger charge is 2.24. The maximum Gasteiger partial charge on any atom is 0.235 e. The number of carbonyl (C=O) groups excluding carboxylic acids is 1. The summed E-state index contributed by atoms with van der Waals surface area (Å²) < 4.78 is 23.4. The topological polar surface area (TPSA) is 78.5 Å². The molecule has 2 unspecified atom stereocenters. The van der Waals surface area contributed by atoms with E-state index in [1.165, 1.54) is 7.05 Å². The van der Waals surface area contributed by atoms with Crippen LogP contribution >= 0.6 is 12.4 Å². The van der Waals surface area contributed by atoms with Crippen LogP contribution in [0.5, 0.6) is 0 Å². The van der Waals surface area contributed by atoms with Crippen LogP contribution < -0.4 is 10.6 Å². The molecule has 0 saturated carbocycles. The Morgan fingerprint density at radius 3 is 2.61 bits per heavy atom. The van der Waals surface area contributed by atoms with Crippen molar-refractivity contribution in [3.05, 3.63) is 0 Å². The maximum atomic E-state index is 11.7. The van der Waals surface area contributed by atoms with Crippen molar-refractivity contribution in [3.8, 4) is 0 Å². The van der Waals surface area contributed by atoms with Crippen molar-refractivity contribution in [1.82, 2.24) is 14.9 Å². The third kappa shape index (κ3) is 5.51. The molecule has 1 fully saturated rings. The lowest BCUT2D eigenvalue weighted by molar-refractivity contribution is -0.122. The van der Waals surface area contributed by atoms with Crippen LogP contribution in [0.1, 0.15) is 13.3 Å². The number of nitrogens with zero attached hydrogens (tertiary/aromatic N) is 1. The van der Waals surface area contributed by atoms with Gasteiger partial charge in [-0.15, -0.1) is 12.4 Å². The quantitative estimate of drug-likeness (QED) is 0.728. The van der Waals surface area contributed by atoms with E-state index in [9.17, 15) is 13.2 Å². The zero-order chi connectivity index (χ0) is 13.1. The van der Waals surface area contributed by atoms with E-state index in [-0.39, 0.29) is 30.9 Å². The third-order valence-corrected chi connectivity index (χ3v) is 4.37. The van der Waals surface area contributed by atoms with E-state index in [1.54, 1.807) is 0 Å². The molecule has 108 valence electrons. The van der Waals surface area contributed by atoms with Gasteiger partial charge < -0.3 is 10.6 Å². The van der Waals surface area contributed by atoms with E-state index in [0.717, 1.165) is 30.1 Å². The molecular formula is C10H22ClN3O3S. The molecule has 8 heteroatoms. The van der Waals surface area contributed by atoms with Crippen LogP contribution in [0.15, 0.2) is 0 Å². The minimum Gasteiger partial charge on any atom is -0.351 e. The normalized spacial score (nSPS) is 24.4. The van der Waals surface area contributed by atoms with Crippen LogP contribution in [0.4, 0.5) is 0 Å². The van der Waals surface area contributed by atoms with Gasteiger partial charge in [0.1, 0.15) is 0 Å². The van der Waals surface area contributed by atoms with Crippen molar-refractivity contribution in [2.45, 2.75) is 19.4 Å². The van der Waals surface area contributed by atoms with Crippen molar-refractivity contribution in [2.24, 2.45) is 5.92 Å². The van der Waals surface area contributed by atoms with Crippen molar-refractivity contribution >= 4 is 28.3 Å². The molecule has 0 aromatic rings. The number of sulfonamides is 1. The Hall–Kier alpha value is -0.370. The predicted molar refractivity (Wildman–Crippen MR) is 73.3 cm³/mol. The fourth-order valence-corrected chi connectivity index (χ4v) is 2.11. The smallest absolute Gasteiger partial charge is 0.235 e. The monoisotopic (exact) mass is 299 g/mol. The van der Waals surface area contributed by atoms with Crippen LogP contribution in [0, 0.1) is 5.92 Å². The van der Waals surface area contributed by atoms with E-state index in [0.29, 0.717) is 5.92 Å².